The molecule has 0 unspecified atom stereocenters. The van der Waals surface area contributed by atoms with Crippen LogP contribution >= 0.6 is 0 Å². The molecule has 0 radical (unpaired) electrons. The minimum atomic E-state index is -1.18. The Balaban J connectivity index is 4.71. The van der Waals surface area contributed by atoms with Crippen molar-refractivity contribution in [1.29, 1.82) is 0 Å². The molecule has 0 saturated heterocycles. The normalized spacial score (nSPS) is 11.1. The average Bonchev–Trinajstić information content (AvgIpc) is 2.28. The van der Waals surface area contributed by atoms with E-state index >= 15 is 0 Å². The Kier molecular flexibility index (Phi) is 5.99. The van der Waals surface area contributed by atoms with Crippen molar-refractivity contribution in [3.05, 3.63) is 0 Å². The van der Waals surface area contributed by atoms with E-state index in [-0.39, 0.29) is 6.03 Å². The number of hydrogen-bond donors (Lipinski definition) is 1. The third-order valence-corrected chi connectivity index (χ3v) is 3.08. The Bertz CT molecular complexity index is 277. The molecule has 1 N–H and O–H groups in total. The Morgan fingerprint density at radius 1 is 1.24 bits per heavy atom. The van der Waals surface area contributed by atoms with Gasteiger partial charge in [-0.15, -0.1) is 0 Å². The van der Waals surface area contributed by atoms with Crippen LogP contribution in [0.3, 0.4) is 0 Å². The first-order valence-corrected chi connectivity index (χ1v) is 6.05. The number of hydrogen-bond acceptors (Lipinski definition) is 2. The molecule has 17 heavy (non-hydrogen) atoms. The van der Waals surface area contributed by atoms with Gasteiger partial charge in [0.25, 0.3) is 0 Å². The molecule has 0 aromatic carbocycles. The fourth-order valence-electron chi connectivity index (χ4n) is 1.33. The molecule has 100 valence electrons. The summed E-state index contributed by atoms with van der Waals surface area (Å²) < 4.78 is 0. The lowest BCUT2D eigenvalue weighted by molar-refractivity contribution is -0.147. The number of unbranched alkanes of at least 4 members (excludes halogenated alkanes) is 1. The molecule has 2 amide bonds. The molecule has 0 aliphatic heterocycles. The molecule has 0 fully saturated rings. The zero-order valence-corrected chi connectivity index (χ0v) is 11.5. The number of amides is 2. The molecule has 0 aliphatic rings. The van der Waals surface area contributed by atoms with Gasteiger partial charge in [-0.05, 0) is 27.2 Å². The van der Waals surface area contributed by atoms with Gasteiger partial charge >= 0.3 is 12.0 Å². The van der Waals surface area contributed by atoms with Crippen LogP contribution in [0.4, 0.5) is 4.79 Å². The summed E-state index contributed by atoms with van der Waals surface area (Å²) in [5.74, 6) is -1.00. The van der Waals surface area contributed by atoms with Crippen LogP contribution in [0.5, 0.6) is 0 Å². The maximum Gasteiger partial charge on any atom is 0.329 e. The van der Waals surface area contributed by atoms with E-state index in [9.17, 15) is 9.59 Å². The molecule has 5 heteroatoms. The Morgan fingerprint density at radius 3 is 2.12 bits per heavy atom. The number of aliphatic carboxylic acids is 1. The van der Waals surface area contributed by atoms with Gasteiger partial charge in [-0.1, -0.05) is 13.3 Å². The first-order chi connectivity index (χ1) is 7.78. The lowest BCUT2D eigenvalue weighted by Gasteiger charge is -2.35. The van der Waals surface area contributed by atoms with E-state index in [1.807, 2.05) is 6.92 Å². The van der Waals surface area contributed by atoms with Crippen LogP contribution < -0.4 is 0 Å². The number of carbonyl (C=O) groups excluding carboxylic acids is 1. The highest BCUT2D eigenvalue weighted by molar-refractivity contribution is 5.85. The van der Waals surface area contributed by atoms with Crippen molar-refractivity contribution in [2.24, 2.45) is 0 Å². The van der Waals surface area contributed by atoms with E-state index in [2.05, 4.69) is 6.92 Å². The standard InChI is InChI=1S/C12H24N2O3/c1-6-8-9-14(7-2)11(17)13(5)12(3,4)10(15)16/h6-9H2,1-5H3,(H,15,16). The maximum atomic E-state index is 12.1. The number of urea groups is 1. The van der Waals surface area contributed by atoms with E-state index in [1.165, 1.54) is 25.8 Å². The number of carboxylic acid groups (broad SMARTS) is 1. The molecule has 0 atom stereocenters. The van der Waals surface area contributed by atoms with Crippen LogP contribution in [0.2, 0.25) is 0 Å². The summed E-state index contributed by atoms with van der Waals surface area (Å²) in [6.45, 7) is 8.28. The van der Waals surface area contributed by atoms with Crippen molar-refractivity contribution in [3.8, 4) is 0 Å². The van der Waals surface area contributed by atoms with Crippen molar-refractivity contribution >= 4 is 12.0 Å². The maximum absolute atomic E-state index is 12.1. The summed E-state index contributed by atoms with van der Waals surface area (Å²) in [5.41, 5.74) is -1.18. The van der Waals surface area contributed by atoms with E-state index in [0.29, 0.717) is 13.1 Å². The van der Waals surface area contributed by atoms with Gasteiger partial charge < -0.3 is 14.9 Å². The van der Waals surface area contributed by atoms with Gasteiger partial charge in [0.2, 0.25) is 0 Å². The predicted octanol–water partition coefficient (Wildman–Crippen LogP) is 2.02. The second kappa shape index (κ2) is 6.47. The highest BCUT2D eigenvalue weighted by Crippen LogP contribution is 2.15. The summed E-state index contributed by atoms with van der Waals surface area (Å²) in [6.07, 6.45) is 1.94. The van der Waals surface area contributed by atoms with Crippen LogP contribution in [0.15, 0.2) is 0 Å². The Morgan fingerprint density at radius 2 is 1.76 bits per heavy atom. The smallest absolute Gasteiger partial charge is 0.329 e. The van der Waals surface area contributed by atoms with Crippen LogP contribution in [-0.2, 0) is 4.79 Å². The van der Waals surface area contributed by atoms with Gasteiger partial charge in [0, 0.05) is 20.1 Å². The highest BCUT2D eigenvalue weighted by atomic mass is 16.4. The minimum absolute atomic E-state index is 0.228. The summed E-state index contributed by atoms with van der Waals surface area (Å²) in [4.78, 5) is 26.2. The molecule has 0 aromatic rings. The predicted molar refractivity (Wildman–Crippen MR) is 67.0 cm³/mol. The Hall–Kier alpha value is -1.26. The van der Waals surface area contributed by atoms with Gasteiger partial charge in [0.15, 0.2) is 0 Å². The molecule has 0 spiro atoms. The molecule has 0 aliphatic carbocycles. The second-order valence-electron chi connectivity index (χ2n) is 4.64. The van der Waals surface area contributed by atoms with Crippen LogP contribution in [-0.4, -0.2) is 52.6 Å². The van der Waals surface area contributed by atoms with Crippen molar-refractivity contribution in [2.75, 3.05) is 20.1 Å². The number of nitrogens with zero attached hydrogens (tertiary/aromatic N) is 2. The molecule has 0 aromatic heterocycles. The fraction of sp³-hybridized carbons (Fsp3) is 0.833. The third-order valence-electron chi connectivity index (χ3n) is 3.08. The average molecular weight is 244 g/mol. The third kappa shape index (κ3) is 3.91. The van der Waals surface area contributed by atoms with Crippen molar-refractivity contribution in [3.63, 3.8) is 0 Å². The van der Waals surface area contributed by atoms with Gasteiger partial charge in [0.1, 0.15) is 5.54 Å². The molecule has 0 saturated carbocycles. The summed E-state index contributed by atoms with van der Waals surface area (Å²) in [6, 6.07) is -0.228. The zero-order valence-electron chi connectivity index (χ0n) is 11.5. The molecule has 0 bridgehead atoms. The minimum Gasteiger partial charge on any atom is -0.480 e. The quantitative estimate of drug-likeness (QED) is 0.777. The highest BCUT2D eigenvalue weighted by Gasteiger charge is 2.36. The lowest BCUT2D eigenvalue weighted by Crippen LogP contribution is -2.55. The summed E-state index contributed by atoms with van der Waals surface area (Å²) in [5, 5.41) is 9.08. The number of likely N-dealkylation sites (N-methyl/N-ethyl adjacent to an activating group) is 1. The van der Waals surface area contributed by atoms with E-state index in [1.54, 1.807) is 4.90 Å². The van der Waals surface area contributed by atoms with Crippen molar-refractivity contribution < 1.29 is 14.7 Å². The van der Waals surface area contributed by atoms with Crippen LogP contribution in [0.1, 0.15) is 40.5 Å². The first kappa shape index (κ1) is 15.7. The van der Waals surface area contributed by atoms with Gasteiger partial charge in [0.05, 0.1) is 0 Å². The topological polar surface area (TPSA) is 60.9 Å². The molecule has 0 rings (SSSR count). The SMILES string of the molecule is CCCCN(CC)C(=O)N(C)C(C)(C)C(=O)O. The van der Waals surface area contributed by atoms with Crippen LogP contribution in [0, 0.1) is 0 Å². The lowest BCUT2D eigenvalue weighted by atomic mass is 10.0. The summed E-state index contributed by atoms with van der Waals surface area (Å²) >= 11 is 0. The number of rotatable bonds is 6. The summed E-state index contributed by atoms with van der Waals surface area (Å²) in [7, 11) is 1.53. The molecular weight excluding hydrogens is 220 g/mol. The van der Waals surface area contributed by atoms with Crippen molar-refractivity contribution in [1.82, 2.24) is 9.80 Å². The van der Waals surface area contributed by atoms with Crippen LogP contribution in [0.25, 0.3) is 0 Å². The molecular formula is C12H24N2O3. The zero-order chi connectivity index (χ0) is 13.6. The molecule has 5 nitrogen and oxygen atoms in total. The first-order valence-electron chi connectivity index (χ1n) is 6.05. The van der Waals surface area contributed by atoms with E-state index in [0.717, 1.165) is 12.8 Å². The van der Waals surface area contributed by atoms with Gasteiger partial charge in [-0.2, -0.15) is 0 Å². The van der Waals surface area contributed by atoms with Gasteiger partial charge in [-0.25, -0.2) is 9.59 Å². The monoisotopic (exact) mass is 244 g/mol. The molecule has 0 heterocycles. The van der Waals surface area contributed by atoms with E-state index < -0.39 is 11.5 Å². The number of carboxylic acids is 1. The van der Waals surface area contributed by atoms with E-state index in [4.69, 9.17) is 5.11 Å². The number of carbonyl (C=O) groups is 2. The Labute approximate surface area is 103 Å². The second-order valence-corrected chi connectivity index (χ2v) is 4.64. The van der Waals surface area contributed by atoms with Gasteiger partial charge in [-0.3, -0.25) is 0 Å². The fourth-order valence-corrected chi connectivity index (χ4v) is 1.33. The van der Waals surface area contributed by atoms with Crippen molar-refractivity contribution in [2.45, 2.75) is 46.1 Å². The largest absolute Gasteiger partial charge is 0.480 e.